The van der Waals surface area contributed by atoms with Crippen LogP contribution in [0.3, 0.4) is 0 Å². The van der Waals surface area contributed by atoms with Crippen LogP contribution < -0.4 is 0 Å². The Morgan fingerprint density at radius 2 is 1.69 bits per heavy atom. The number of aromatic nitrogens is 2. The van der Waals surface area contributed by atoms with Crippen LogP contribution in [-0.4, -0.2) is 25.9 Å². The summed E-state index contributed by atoms with van der Waals surface area (Å²) < 4.78 is 2.24. The van der Waals surface area contributed by atoms with Gasteiger partial charge in [0.2, 0.25) is 0 Å². The van der Waals surface area contributed by atoms with Crippen molar-refractivity contribution >= 4 is 0 Å². The van der Waals surface area contributed by atoms with E-state index in [0.717, 1.165) is 49.8 Å². The third-order valence-corrected chi connectivity index (χ3v) is 9.47. The van der Waals surface area contributed by atoms with E-state index in [2.05, 4.69) is 45.9 Å². The van der Waals surface area contributed by atoms with Crippen LogP contribution in [-0.2, 0) is 5.60 Å². The highest BCUT2D eigenvalue weighted by atomic mass is 16.3. The van der Waals surface area contributed by atoms with Gasteiger partial charge in [-0.2, -0.15) is 0 Å². The minimum atomic E-state index is -0.737. The summed E-state index contributed by atoms with van der Waals surface area (Å²) >= 11 is 0. The first kappa shape index (κ1) is 19.1. The maximum Gasteiger partial charge on any atom is 0.0956 e. The second kappa shape index (κ2) is 6.55. The number of aliphatic hydroxyl groups is 2. The number of nitrogens with zero attached hydrogens (tertiary/aromatic N) is 2. The van der Waals surface area contributed by atoms with E-state index in [-0.39, 0.29) is 29.4 Å². The molecule has 4 saturated carbocycles. The van der Waals surface area contributed by atoms with Gasteiger partial charge in [0, 0.05) is 5.56 Å². The molecule has 2 N–H and O–H groups in total. The number of hydrogen-bond donors (Lipinski definition) is 2. The average Bonchev–Trinajstić information content (AvgIpc) is 3.40. The lowest BCUT2D eigenvalue weighted by molar-refractivity contribution is -0.230. The van der Waals surface area contributed by atoms with Crippen LogP contribution in [0, 0.1) is 23.2 Å². The van der Waals surface area contributed by atoms with Crippen LogP contribution in [0.5, 0.6) is 0 Å². The monoisotopic (exact) mass is 426 g/mol. The highest BCUT2D eigenvalue weighted by Gasteiger charge is 2.64. The maximum atomic E-state index is 12.0. The Morgan fingerprint density at radius 3 is 2.47 bits per heavy atom. The molecule has 0 saturated heterocycles. The summed E-state index contributed by atoms with van der Waals surface area (Å²) in [6.45, 7) is 0. The first-order valence-corrected chi connectivity index (χ1v) is 12.2. The van der Waals surface area contributed by atoms with Crippen molar-refractivity contribution in [2.24, 2.45) is 23.2 Å². The van der Waals surface area contributed by atoms with E-state index in [4.69, 9.17) is 0 Å². The van der Waals surface area contributed by atoms with Gasteiger partial charge in [0.25, 0.3) is 0 Å². The van der Waals surface area contributed by atoms with Crippen molar-refractivity contribution in [2.75, 3.05) is 0 Å². The van der Waals surface area contributed by atoms with E-state index in [1.807, 2.05) is 30.7 Å². The van der Waals surface area contributed by atoms with E-state index in [0.29, 0.717) is 5.92 Å². The summed E-state index contributed by atoms with van der Waals surface area (Å²) in [6, 6.07) is 19.0. The van der Waals surface area contributed by atoms with Gasteiger partial charge in [0.15, 0.2) is 0 Å². The molecular weight excluding hydrogens is 396 g/mol. The van der Waals surface area contributed by atoms with Gasteiger partial charge in [-0.3, -0.25) is 0 Å². The molecule has 8 rings (SSSR count). The smallest absolute Gasteiger partial charge is 0.0956 e. The molecule has 4 fully saturated rings. The van der Waals surface area contributed by atoms with Crippen molar-refractivity contribution in [2.45, 2.75) is 56.3 Å². The number of benzene rings is 2. The molecule has 2 heterocycles. The van der Waals surface area contributed by atoms with Gasteiger partial charge in [-0.05, 0) is 72.8 Å². The average molecular weight is 427 g/mol. The number of rotatable bonds is 4. The number of fused-ring (bicyclic) bond motifs is 3. The van der Waals surface area contributed by atoms with Crippen molar-refractivity contribution < 1.29 is 10.2 Å². The molecule has 4 nitrogen and oxygen atoms in total. The molecule has 4 unspecified atom stereocenters. The van der Waals surface area contributed by atoms with Crippen LogP contribution in [0.15, 0.2) is 67.1 Å². The molecule has 4 heteroatoms. The van der Waals surface area contributed by atoms with Gasteiger partial charge in [-0.15, -0.1) is 0 Å². The maximum absolute atomic E-state index is 12.0. The number of hydrogen-bond acceptors (Lipinski definition) is 3. The Labute approximate surface area is 188 Å². The Morgan fingerprint density at radius 1 is 0.969 bits per heavy atom. The van der Waals surface area contributed by atoms with Crippen molar-refractivity contribution in [3.63, 3.8) is 0 Å². The molecule has 0 radical (unpaired) electrons. The predicted molar refractivity (Wildman–Crippen MR) is 123 cm³/mol. The SMILES string of the molecule is OC(CC1c2ccccc2-c2cncn21)C12CC3CC(C1)C(O)(c1ccccc1)C(C3)C2. The molecule has 5 aliphatic rings. The molecule has 1 aliphatic heterocycles. The van der Waals surface area contributed by atoms with E-state index in [1.165, 1.54) is 11.1 Å². The van der Waals surface area contributed by atoms with E-state index in [1.54, 1.807) is 0 Å². The van der Waals surface area contributed by atoms with Crippen molar-refractivity contribution in [1.29, 1.82) is 0 Å². The molecule has 0 spiro atoms. The highest BCUT2D eigenvalue weighted by Crippen LogP contribution is 2.67. The summed E-state index contributed by atoms with van der Waals surface area (Å²) in [5, 5.41) is 23.8. The van der Waals surface area contributed by atoms with Crippen LogP contribution in [0.25, 0.3) is 11.3 Å². The first-order chi connectivity index (χ1) is 15.6. The highest BCUT2D eigenvalue weighted by molar-refractivity contribution is 5.68. The first-order valence-electron chi connectivity index (χ1n) is 12.2. The Hall–Kier alpha value is -2.43. The number of imidazole rings is 1. The molecule has 2 aromatic carbocycles. The molecule has 3 aromatic rings. The third-order valence-electron chi connectivity index (χ3n) is 9.47. The molecule has 4 bridgehead atoms. The Kier molecular flexibility index (Phi) is 3.91. The summed E-state index contributed by atoms with van der Waals surface area (Å²) in [5.41, 5.74) is 3.96. The summed E-state index contributed by atoms with van der Waals surface area (Å²) in [4.78, 5) is 4.39. The van der Waals surface area contributed by atoms with Crippen molar-refractivity contribution in [3.8, 4) is 11.3 Å². The molecule has 164 valence electrons. The summed E-state index contributed by atoms with van der Waals surface area (Å²) in [5.74, 6) is 1.11. The molecular formula is C28H30N2O2. The van der Waals surface area contributed by atoms with E-state index < -0.39 is 5.60 Å². The standard InChI is InChI=1S/C28H30N2O2/c31-26(12-24-22-8-4-5-9-23(22)25-16-29-17-30(24)25)27-13-18-10-20(14-27)28(32,21(11-18)15-27)19-6-2-1-3-7-19/h1-9,16-18,20-21,24,26,31-32H,10-15H2. The van der Waals surface area contributed by atoms with Gasteiger partial charge >= 0.3 is 0 Å². The van der Waals surface area contributed by atoms with Gasteiger partial charge in [0.1, 0.15) is 0 Å². The largest absolute Gasteiger partial charge is 0.392 e. The zero-order valence-corrected chi connectivity index (χ0v) is 18.3. The van der Waals surface area contributed by atoms with Gasteiger partial charge in [-0.25, -0.2) is 4.98 Å². The molecule has 4 aliphatic carbocycles. The molecule has 4 atom stereocenters. The van der Waals surface area contributed by atoms with Crippen molar-refractivity contribution in [3.05, 3.63) is 78.2 Å². The Bertz CT molecular complexity index is 1150. The second-order valence-corrected chi connectivity index (χ2v) is 10.9. The van der Waals surface area contributed by atoms with Crippen molar-refractivity contribution in [1.82, 2.24) is 9.55 Å². The molecule has 32 heavy (non-hydrogen) atoms. The lowest BCUT2D eigenvalue weighted by Gasteiger charge is -2.65. The summed E-state index contributed by atoms with van der Waals surface area (Å²) in [7, 11) is 0. The molecule has 1 aromatic heterocycles. The van der Waals surface area contributed by atoms with E-state index >= 15 is 0 Å². The lowest BCUT2D eigenvalue weighted by Crippen LogP contribution is -2.62. The minimum absolute atomic E-state index is 0.0736. The van der Waals surface area contributed by atoms with Crippen LogP contribution in [0.1, 0.15) is 55.7 Å². The lowest BCUT2D eigenvalue weighted by atomic mass is 9.42. The fraction of sp³-hybridized carbons (Fsp3) is 0.464. The minimum Gasteiger partial charge on any atom is -0.392 e. The second-order valence-electron chi connectivity index (χ2n) is 10.9. The summed E-state index contributed by atoms with van der Waals surface area (Å²) in [6.07, 6.45) is 9.35. The van der Waals surface area contributed by atoms with Crippen LogP contribution in [0.4, 0.5) is 0 Å². The van der Waals surface area contributed by atoms with Crippen LogP contribution in [0.2, 0.25) is 0 Å². The topological polar surface area (TPSA) is 58.3 Å². The van der Waals surface area contributed by atoms with Gasteiger partial charge in [-0.1, -0.05) is 54.6 Å². The normalized spacial score (nSPS) is 37.3. The zero-order chi connectivity index (χ0) is 21.5. The quantitative estimate of drug-likeness (QED) is 0.623. The van der Waals surface area contributed by atoms with Crippen LogP contribution >= 0.6 is 0 Å². The van der Waals surface area contributed by atoms with Gasteiger partial charge < -0.3 is 14.8 Å². The fourth-order valence-electron chi connectivity index (χ4n) is 8.26. The van der Waals surface area contributed by atoms with E-state index in [9.17, 15) is 10.2 Å². The van der Waals surface area contributed by atoms with Gasteiger partial charge in [0.05, 0.1) is 36.0 Å². The third kappa shape index (κ3) is 2.43. The Balaban J connectivity index is 1.21. The number of aliphatic hydroxyl groups excluding tert-OH is 1. The fourth-order valence-corrected chi connectivity index (χ4v) is 8.26. The zero-order valence-electron chi connectivity index (χ0n) is 18.3. The molecule has 0 amide bonds. The predicted octanol–water partition coefficient (Wildman–Crippen LogP) is 4.92.